The van der Waals surface area contributed by atoms with E-state index in [2.05, 4.69) is 47.8 Å². The molecule has 1 aliphatic carbocycles. The third kappa shape index (κ3) is 3.83. The van der Waals surface area contributed by atoms with Gasteiger partial charge in [-0.2, -0.15) is 0 Å². The Bertz CT molecular complexity index is 404. The Morgan fingerprint density at radius 2 is 2.15 bits per heavy atom. The van der Waals surface area contributed by atoms with Crippen molar-refractivity contribution >= 4 is 0 Å². The first kappa shape index (κ1) is 15.5. The molecule has 0 radical (unpaired) electrons. The van der Waals surface area contributed by atoms with Crippen molar-refractivity contribution in [1.29, 1.82) is 0 Å². The summed E-state index contributed by atoms with van der Waals surface area (Å²) in [5, 5.41) is 3.42. The van der Waals surface area contributed by atoms with Crippen molar-refractivity contribution in [3.05, 3.63) is 18.2 Å². The minimum absolute atomic E-state index is 0.446. The zero-order chi connectivity index (χ0) is 14.6. The summed E-state index contributed by atoms with van der Waals surface area (Å²) in [7, 11) is 6.38. The van der Waals surface area contributed by atoms with Gasteiger partial charge >= 0.3 is 0 Å². The van der Waals surface area contributed by atoms with Crippen LogP contribution in [0.3, 0.4) is 0 Å². The molecule has 0 aromatic carbocycles. The highest BCUT2D eigenvalue weighted by Crippen LogP contribution is 2.39. The highest BCUT2D eigenvalue weighted by molar-refractivity contribution is 4.93. The highest BCUT2D eigenvalue weighted by Gasteiger charge is 2.34. The van der Waals surface area contributed by atoms with E-state index in [1.54, 1.807) is 0 Å². The molecule has 0 atom stereocenters. The summed E-state index contributed by atoms with van der Waals surface area (Å²) in [5.74, 6) is 2.05. The Kier molecular flexibility index (Phi) is 5.22. The van der Waals surface area contributed by atoms with Crippen LogP contribution in [0, 0.1) is 11.3 Å². The van der Waals surface area contributed by atoms with Gasteiger partial charge in [0.05, 0.1) is 6.54 Å². The van der Waals surface area contributed by atoms with Gasteiger partial charge in [0.2, 0.25) is 0 Å². The molecule has 1 saturated carbocycles. The van der Waals surface area contributed by atoms with Gasteiger partial charge in [-0.1, -0.05) is 19.8 Å². The van der Waals surface area contributed by atoms with E-state index in [0.717, 1.165) is 31.4 Å². The van der Waals surface area contributed by atoms with Crippen LogP contribution in [0.2, 0.25) is 0 Å². The van der Waals surface area contributed by atoms with E-state index in [0.29, 0.717) is 5.41 Å². The molecule has 1 N–H and O–H groups in total. The van der Waals surface area contributed by atoms with Crippen molar-refractivity contribution in [3.8, 4) is 0 Å². The third-order valence-corrected chi connectivity index (χ3v) is 4.82. The molecule has 114 valence electrons. The minimum Gasteiger partial charge on any atom is -0.337 e. The van der Waals surface area contributed by atoms with Crippen LogP contribution >= 0.6 is 0 Å². The van der Waals surface area contributed by atoms with Crippen LogP contribution < -0.4 is 5.32 Å². The second kappa shape index (κ2) is 6.72. The fourth-order valence-electron chi connectivity index (χ4n) is 3.56. The number of imidazole rings is 1. The molecule has 1 aromatic heterocycles. The Balaban J connectivity index is 1.95. The van der Waals surface area contributed by atoms with Crippen LogP contribution in [0.1, 0.15) is 38.4 Å². The van der Waals surface area contributed by atoms with Gasteiger partial charge in [-0.05, 0) is 38.3 Å². The molecule has 0 spiro atoms. The molecule has 4 heteroatoms. The lowest BCUT2D eigenvalue weighted by Crippen LogP contribution is -2.44. The first-order valence-corrected chi connectivity index (χ1v) is 7.84. The molecule has 1 fully saturated rings. The van der Waals surface area contributed by atoms with Gasteiger partial charge in [0, 0.05) is 32.5 Å². The summed E-state index contributed by atoms with van der Waals surface area (Å²) in [6, 6.07) is 0. The van der Waals surface area contributed by atoms with Crippen molar-refractivity contribution in [2.24, 2.45) is 18.4 Å². The molecule has 1 aliphatic rings. The molecule has 2 rings (SSSR count). The topological polar surface area (TPSA) is 33.1 Å². The molecule has 0 bridgehead atoms. The molecule has 0 amide bonds. The van der Waals surface area contributed by atoms with Crippen molar-refractivity contribution < 1.29 is 0 Å². The Morgan fingerprint density at radius 1 is 1.45 bits per heavy atom. The zero-order valence-electron chi connectivity index (χ0n) is 13.5. The Morgan fingerprint density at radius 3 is 2.70 bits per heavy atom. The van der Waals surface area contributed by atoms with Gasteiger partial charge in [-0.25, -0.2) is 4.98 Å². The summed E-state index contributed by atoms with van der Waals surface area (Å²) < 4.78 is 2.12. The fraction of sp³-hybridized carbons (Fsp3) is 0.812. The summed E-state index contributed by atoms with van der Waals surface area (Å²) in [4.78, 5) is 6.88. The maximum Gasteiger partial charge on any atom is 0.122 e. The molecular weight excluding hydrogens is 248 g/mol. The number of hydrogen-bond donors (Lipinski definition) is 1. The van der Waals surface area contributed by atoms with Crippen LogP contribution in [0.25, 0.3) is 0 Å². The molecule has 4 nitrogen and oxygen atoms in total. The average molecular weight is 278 g/mol. The van der Waals surface area contributed by atoms with Gasteiger partial charge in [0.25, 0.3) is 0 Å². The predicted octanol–water partition coefficient (Wildman–Crippen LogP) is 2.27. The molecule has 1 aromatic rings. The lowest BCUT2D eigenvalue weighted by Gasteiger charge is -2.42. The van der Waals surface area contributed by atoms with Gasteiger partial charge in [-0.3, -0.25) is 4.90 Å². The summed E-state index contributed by atoms with van der Waals surface area (Å²) in [6.45, 7) is 5.61. The predicted molar refractivity (Wildman–Crippen MR) is 83.5 cm³/mol. The van der Waals surface area contributed by atoms with E-state index in [1.807, 2.05) is 12.4 Å². The van der Waals surface area contributed by atoms with Crippen molar-refractivity contribution in [1.82, 2.24) is 19.8 Å². The van der Waals surface area contributed by atoms with Crippen molar-refractivity contribution in [2.75, 3.05) is 27.2 Å². The second-order valence-corrected chi connectivity index (χ2v) is 6.84. The largest absolute Gasteiger partial charge is 0.337 e. The van der Waals surface area contributed by atoms with E-state index in [9.17, 15) is 0 Å². The maximum absolute atomic E-state index is 4.44. The van der Waals surface area contributed by atoms with Gasteiger partial charge < -0.3 is 9.88 Å². The number of nitrogens with one attached hydrogen (secondary N) is 1. The molecule has 0 unspecified atom stereocenters. The normalized spacial score (nSPS) is 27.1. The zero-order valence-corrected chi connectivity index (χ0v) is 13.5. The number of rotatable bonds is 6. The van der Waals surface area contributed by atoms with E-state index in [1.165, 1.54) is 25.7 Å². The Labute approximate surface area is 123 Å². The van der Waals surface area contributed by atoms with Crippen LogP contribution in [0.4, 0.5) is 0 Å². The smallest absolute Gasteiger partial charge is 0.122 e. The van der Waals surface area contributed by atoms with Crippen LogP contribution in [-0.4, -0.2) is 41.6 Å². The van der Waals surface area contributed by atoms with Crippen LogP contribution in [0.5, 0.6) is 0 Å². The standard InChI is InChI=1S/C16H30N4/c1-14-5-7-16(8-6-14,12-17-2)13-19(3)11-15-18-9-10-20(15)4/h9-10,14,17H,5-8,11-13H2,1-4H3. The summed E-state index contributed by atoms with van der Waals surface area (Å²) in [5.41, 5.74) is 0.446. The van der Waals surface area contributed by atoms with E-state index in [4.69, 9.17) is 0 Å². The number of hydrogen-bond acceptors (Lipinski definition) is 3. The van der Waals surface area contributed by atoms with Gasteiger partial charge in [-0.15, -0.1) is 0 Å². The third-order valence-electron chi connectivity index (χ3n) is 4.82. The van der Waals surface area contributed by atoms with E-state index < -0.39 is 0 Å². The van der Waals surface area contributed by atoms with Gasteiger partial charge in [0.1, 0.15) is 5.82 Å². The number of nitrogens with zero attached hydrogens (tertiary/aromatic N) is 3. The molecule has 0 aliphatic heterocycles. The maximum atomic E-state index is 4.44. The second-order valence-electron chi connectivity index (χ2n) is 6.84. The lowest BCUT2D eigenvalue weighted by atomic mass is 9.70. The van der Waals surface area contributed by atoms with Crippen molar-refractivity contribution in [2.45, 2.75) is 39.2 Å². The minimum atomic E-state index is 0.446. The first-order valence-electron chi connectivity index (χ1n) is 7.84. The van der Waals surface area contributed by atoms with Crippen LogP contribution in [0.15, 0.2) is 12.4 Å². The average Bonchev–Trinajstić information content (AvgIpc) is 2.79. The quantitative estimate of drug-likeness (QED) is 0.866. The molecule has 0 saturated heterocycles. The lowest BCUT2D eigenvalue weighted by molar-refractivity contribution is 0.0964. The summed E-state index contributed by atoms with van der Waals surface area (Å²) in [6.07, 6.45) is 9.35. The van der Waals surface area contributed by atoms with E-state index in [-0.39, 0.29) is 0 Å². The van der Waals surface area contributed by atoms with Crippen molar-refractivity contribution in [3.63, 3.8) is 0 Å². The molecular formula is C16H30N4. The number of aryl methyl sites for hydroxylation is 1. The first-order chi connectivity index (χ1) is 9.54. The highest BCUT2D eigenvalue weighted by atomic mass is 15.2. The Hall–Kier alpha value is -0.870. The molecule has 20 heavy (non-hydrogen) atoms. The fourth-order valence-corrected chi connectivity index (χ4v) is 3.56. The molecule has 1 heterocycles. The SMILES string of the molecule is CNCC1(CN(C)Cc2nccn2C)CCC(C)CC1. The van der Waals surface area contributed by atoms with Gasteiger partial charge in [0.15, 0.2) is 0 Å². The number of aromatic nitrogens is 2. The van der Waals surface area contributed by atoms with Crippen LogP contribution in [-0.2, 0) is 13.6 Å². The summed E-state index contributed by atoms with van der Waals surface area (Å²) >= 11 is 0. The monoisotopic (exact) mass is 278 g/mol. The van der Waals surface area contributed by atoms with E-state index >= 15 is 0 Å².